The van der Waals surface area contributed by atoms with Crippen molar-refractivity contribution in [2.45, 2.75) is 6.92 Å². The molecule has 0 saturated heterocycles. The lowest BCUT2D eigenvalue weighted by Crippen LogP contribution is -2.01. The van der Waals surface area contributed by atoms with E-state index in [9.17, 15) is 13.2 Å². The van der Waals surface area contributed by atoms with Crippen molar-refractivity contribution in [2.75, 3.05) is 0 Å². The van der Waals surface area contributed by atoms with Gasteiger partial charge >= 0.3 is 5.97 Å². The Labute approximate surface area is 57.7 Å². The quantitative estimate of drug-likeness (QED) is 0.440. The van der Waals surface area contributed by atoms with Gasteiger partial charge in [0.25, 0.3) is 10.1 Å². The van der Waals surface area contributed by atoms with Crippen molar-refractivity contribution in [1.82, 2.24) is 0 Å². The van der Waals surface area contributed by atoms with E-state index in [1.165, 1.54) is 0 Å². The van der Waals surface area contributed by atoms with Crippen molar-refractivity contribution in [3.63, 3.8) is 0 Å². The number of carbonyl (C=O) groups is 1. The minimum absolute atomic E-state index is 0.412. The Bertz CT molecular complexity index is 259. The Balaban J connectivity index is 4.70. The van der Waals surface area contributed by atoms with Gasteiger partial charge in [0, 0.05) is 6.08 Å². The molecule has 10 heavy (non-hydrogen) atoms. The van der Waals surface area contributed by atoms with Gasteiger partial charge in [-0.2, -0.15) is 8.42 Å². The van der Waals surface area contributed by atoms with Gasteiger partial charge in [-0.25, -0.2) is 4.79 Å². The Morgan fingerprint density at radius 2 is 1.90 bits per heavy atom. The lowest BCUT2D eigenvalue weighted by Gasteiger charge is -1.90. The molecular weight excluding hydrogens is 160 g/mol. The molecule has 0 heterocycles. The molecule has 0 aromatic rings. The molecule has 0 aromatic heterocycles. The predicted octanol–water partition coefficient (Wildman–Crippen LogP) is -0.137. The molecule has 58 valence electrons. The van der Waals surface area contributed by atoms with Crippen molar-refractivity contribution >= 4 is 16.1 Å². The SMILES string of the molecule is CC(=CC(=O)O)S(=O)(=O)O. The van der Waals surface area contributed by atoms with Crippen LogP contribution in [0.3, 0.4) is 0 Å². The highest BCUT2D eigenvalue weighted by molar-refractivity contribution is 7.89. The highest BCUT2D eigenvalue weighted by Crippen LogP contribution is 2.00. The van der Waals surface area contributed by atoms with E-state index in [2.05, 4.69) is 0 Å². The highest BCUT2D eigenvalue weighted by atomic mass is 32.2. The van der Waals surface area contributed by atoms with Crippen LogP contribution in [0, 0.1) is 0 Å². The van der Waals surface area contributed by atoms with Crippen molar-refractivity contribution in [3.05, 3.63) is 11.0 Å². The molecule has 6 heteroatoms. The van der Waals surface area contributed by atoms with Crippen LogP contribution in [0.25, 0.3) is 0 Å². The Kier molecular flexibility index (Phi) is 2.56. The first kappa shape index (κ1) is 9.12. The van der Waals surface area contributed by atoms with E-state index in [0.29, 0.717) is 6.08 Å². The summed E-state index contributed by atoms with van der Waals surface area (Å²) >= 11 is 0. The van der Waals surface area contributed by atoms with Crippen molar-refractivity contribution < 1.29 is 22.9 Å². The summed E-state index contributed by atoms with van der Waals surface area (Å²) in [5.74, 6) is -1.41. The molecule has 2 N–H and O–H groups in total. The second kappa shape index (κ2) is 2.80. The van der Waals surface area contributed by atoms with Gasteiger partial charge in [0.05, 0.1) is 4.91 Å². The zero-order valence-corrected chi connectivity index (χ0v) is 5.92. The maximum atomic E-state index is 10.1. The number of aliphatic carboxylic acids is 1. The minimum atomic E-state index is -4.32. The van der Waals surface area contributed by atoms with Gasteiger partial charge in [-0.1, -0.05) is 0 Å². The van der Waals surface area contributed by atoms with E-state index >= 15 is 0 Å². The van der Waals surface area contributed by atoms with Gasteiger partial charge in [-0.3, -0.25) is 4.55 Å². The summed E-state index contributed by atoms with van der Waals surface area (Å²) in [5, 5.41) is 8.00. The third kappa shape index (κ3) is 3.21. The Hall–Kier alpha value is -0.880. The van der Waals surface area contributed by atoms with Crippen molar-refractivity contribution in [1.29, 1.82) is 0 Å². The van der Waals surface area contributed by atoms with E-state index in [4.69, 9.17) is 9.66 Å². The molecular formula is C4H6O5S. The number of hydrogen-bond donors (Lipinski definition) is 2. The summed E-state index contributed by atoms with van der Waals surface area (Å²) in [5.41, 5.74) is 0. The van der Waals surface area contributed by atoms with Crippen LogP contribution < -0.4 is 0 Å². The molecule has 0 amide bonds. The number of allylic oxidation sites excluding steroid dienone is 1. The number of hydrogen-bond acceptors (Lipinski definition) is 3. The van der Waals surface area contributed by atoms with Gasteiger partial charge < -0.3 is 5.11 Å². The predicted molar refractivity (Wildman–Crippen MR) is 32.9 cm³/mol. The van der Waals surface area contributed by atoms with Crippen LogP contribution in [0.5, 0.6) is 0 Å². The van der Waals surface area contributed by atoms with E-state index in [0.717, 1.165) is 6.92 Å². The molecule has 0 radical (unpaired) electrons. The van der Waals surface area contributed by atoms with E-state index < -0.39 is 21.0 Å². The Morgan fingerprint density at radius 3 is 2.00 bits per heavy atom. The average molecular weight is 166 g/mol. The molecule has 5 nitrogen and oxygen atoms in total. The van der Waals surface area contributed by atoms with Gasteiger partial charge in [0.15, 0.2) is 0 Å². The van der Waals surface area contributed by atoms with Crippen molar-refractivity contribution in [3.8, 4) is 0 Å². The largest absolute Gasteiger partial charge is 0.478 e. The van der Waals surface area contributed by atoms with Crippen LogP contribution in [0.2, 0.25) is 0 Å². The number of carboxylic acids is 1. The first-order valence-corrected chi connectivity index (χ1v) is 3.67. The van der Waals surface area contributed by atoms with Crippen LogP contribution in [-0.4, -0.2) is 24.0 Å². The van der Waals surface area contributed by atoms with Crippen LogP contribution in [0.4, 0.5) is 0 Å². The normalized spacial score (nSPS) is 13.2. The molecule has 0 aliphatic rings. The van der Waals surface area contributed by atoms with E-state index in [1.54, 1.807) is 0 Å². The summed E-state index contributed by atoms with van der Waals surface area (Å²) in [6.45, 7) is 0.990. The molecule has 0 rings (SSSR count). The fourth-order valence-electron chi connectivity index (χ4n) is 0.248. The minimum Gasteiger partial charge on any atom is -0.478 e. The van der Waals surface area contributed by atoms with Crippen molar-refractivity contribution in [2.24, 2.45) is 0 Å². The molecule has 0 aliphatic heterocycles. The zero-order valence-electron chi connectivity index (χ0n) is 5.10. The smallest absolute Gasteiger partial charge is 0.329 e. The van der Waals surface area contributed by atoms with E-state index in [1.807, 2.05) is 0 Å². The molecule has 0 aromatic carbocycles. The third-order valence-electron chi connectivity index (χ3n) is 0.734. The molecule has 0 unspecified atom stereocenters. The van der Waals surface area contributed by atoms with E-state index in [-0.39, 0.29) is 0 Å². The monoisotopic (exact) mass is 166 g/mol. The third-order valence-corrected chi connectivity index (χ3v) is 1.67. The second-order valence-electron chi connectivity index (χ2n) is 1.57. The summed E-state index contributed by atoms with van der Waals surface area (Å²) < 4.78 is 28.4. The van der Waals surface area contributed by atoms with Gasteiger partial charge in [0.2, 0.25) is 0 Å². The highest BCUT2D eigenvalue weighted by Gasteiger charge is 2.08. The summed E-state index contributed by atoms with van der Waals surface area (Å²) in [6.07, 6.45) is 0.412. The first-order chi connectivity index (χ1) is 4.34. The molecule has 0 aliphatic carbocycles. The molecule has 0 spiro atoms. The molecule has 0 saturated carbocycles. The molecule has 0 bridgehead atoms. The zero-order chi connectivity index (χ0) is 8.36. The van der Waals surface area contributed by atoms with Gasteiger partial charge in [-0.05, 0) is 6.92 Å². The standard InChI is InChI=1S/C4H6O5S/c1-3(2-4(5)6)10(7,8)9/h2H,1H3,(H,5,6)(H,7,8,9). The van der Waals surface area contributed by atoms with Gasteiger partial charge in [0.1, 0.15) is 0 Å². The Morgan fingerprint density at radius 1 is 1.50 bits per heavy atom. The summed E-state index contributed by atoms with van der Waals surface area (Å²) in [6, 6.07) is 0. The summed E-state index contributed by atoms with van der Waals surface area (Å²) in [4.78, 5) is 9.22. The fourth-order valence-corrected chi connectivity index (χ4v) is 0.498. The van der Waals surface area contributed by atoms with Crippen LogP contribution in [0.1, 0.15) is 6.92 Å². The topological polar surface area (TPSA) is 91.7 Å². The summed E-state index contributed by atoms with van der Waals surface area (Å²) in [7, 11) is -4.32. The van der Waals surface area contributed by atoms with Crippen LogP contribution >= 0.6 is 0 Å². The maximum Gasteiger partial charge on any atom is 0.329 e. The molecule has 0 atom stereocenters. The number of carboxylic acid groups (broad SMARTS) is 1. The maximum absolute atomic E-state index is 10.1. The lowest BCUT2D eigenvalue weighted by atomic mass is 10.5. The fraction of sp³-hybridized carbons (Fsp3) is 0.250. The first-order valence-electron chi connectivity index (χ1n) is 2.23. The second-order valence-corrected chi connectivity index (χ2v) is 3.16. The molecule has 0 fully saturated rings. The average Bonchev–Trinajstić information content (AvgIpc) is 1.60. The van der Waals surface area contributed by atoms with Gasteiger partial charge in [-0.15, -0.1) is 0 Å². The van der Waals surface area contributed by atoms with Crippen LogP contribution in [0.15, 0.2) is 11.0 Å². The number of rotatable bonds is 2. The van der Waals surface area contributed by atoms with Crippen LogP contribution in [-0.2, 0) is 14.9 Å². The lowest BCUT2D eigenvalue weighted by molar-refractivity contribution is -0.131.